The molecule has 0 aliphatic heterocycles. The zero-order valence-corrected chi connectivity index (χ0v) is 8.24. The second kappa shape index (κ2) is 3.22. The Bertz CT molecular complexity index is 503. The van der Waals surface area contributed by atoms with Crippen LogP contribution in [-0.2, 0) is 0 Å². The standard InChI is InChI=1S/C12H11NO/c1-8-5-12-10(6-11(8)7-14)4-3-9(2)13-12/h3-7H,1-2H3. The summed E-state index contributed by atoms with van der Waals surface area (Å²) in [6, 6.07) is 7.77. The lowest BCUT2D eigenvalue weighted by atomic mass is 10.1. The Hall–Kier alpha value is -1.70. The molecule has 0 bridgehead atoms. The Labute approximate surface area is 82.6 Å². The molecule has 0 saturated carbocycles. The number of rotatable bonds is 1. The van der Waals surface area contributed by atoms with Crippen LogP contribution in [0.1, 0.15) is 21.6 Å². The summed E-state index contributed by atoms with van der Waals surface area (Å²) in [7, 11) is 0. The molecule has 0 fully saturated rings. The zero-order chi connectivity index (χ0) is 10.1. The average Bonchev–Trinajstić information content (AvgIpc) is 2.16. The minimum Gasteiger partial charge on any atom is -0.298 e. The predicted octanol–water partition coefficient (Wildman–Crippen LogP) is 2.66. The van der Waals surface area contributed by atoms with Crippen LogP contribution in [-0.4, -0.2) is 11.3 Å². The third kappa shape index (κ3) is 1.39. The molecule has 2 heteroatoms. The molecule has 2 nitrogen and oxygen atoms in total. The monoisotopic (exact) mass is 185 g/mol. The lowest BCUT2D eigenvalue weighted by molar-refractivity contribution is 0.112. The van der Waals surface area contributed by atoms with Crippen LogP contribution in [0.4, 0.5) is 0 Å². The third-order valence-corrected chi connectivity index (χ3v) is 2.34. The van der Waals surface area contributed by atoms with E-state index in [0.717, 1.165) is 34.0 Å². The van der Waals surface area contributed by atoms with Gasteiger partial charge < -0.3 is 0 Å². The summed E-state index contributed by atoms with van der Waals surface area (Å²) >= 11 is 0. The van der Waals surface area contributed by atoms with Gasteiger partial charge in [-0.15, -0.1) is 0 Å². The van der Waals surface area contributed by atoms with Gasteiger partial charge in [-0.2, -0.15) is 0 Å². The van der Waals surface area contributed by atoms with Gasteiger partial charge in [-0.3, -0.25) is 9.78 Å². The van der Waals surface area contributed by atoms with Crippen molar-refractivity contribution in [2.24, 2.45) is 0 Å². The number of carbonyl (C=O) groups is 1. The van der Waals surface area contributed by atoms with Crippen LogP contribution in [0.25, 0.3) is 10.9 Å². The van der Waals surface area contributed by atoms with E-state index in [1.54, 1.807) is 0 Å². The van der Waals surface area contributed by atoms with Crippen LogP contribution in [0.2, 0.25) is 0 Å². The summed E-state index contributed by atoms with van der Waals surface area (Å²) < 4.78 is 0. The number of fused-ring (bicyclic) bond motifs is 1. The van der Waals surface area contributed by atoms with Crippen molar-refractivity contribution in [3.8, 4) is 0 Å². The number of hydrogen-bond donors (Lipinski definition) is 0. The topological polar surface area (TPSA) is 30.0 Å². The van der Waals surface area contributed by atoms with Crippen LogP contribution in [0.3, 0.4) is 0 Å². The lowest BCUT2D eigenvalue weighted by Gasteiger charge is -2.02. The Kier molecular flexibility index (Phi) is 2.04. The summed E-state index contributed by atoms with van der Waals surface area (Å²) in [6.07, 6.45) is 0.884. The first-order valence-electron chi connectivity index (χ1n) is 4.54. The summed E-state index contributed by atoms with van der Waals surface area (Å²) in [5.74, 6) is 0. The summed E-state index contributed by atoms with van der Waals surface area (Å²) in [5.41, 5.74) is 3.66. The number of hydrogen-bond acceptors (Lipinski definition) is 2. The number of aryl methyl sites for hydroxylation is 2. The number of nitrogens with zero attached hydrogens (tertiary/aromatic N) is 1. The second-order valence-corrected chi connectivity index (χ2v) is 3.47. The summed E-state index contributed by atoms with van der Waals surface area (Å²) in [5, 5.41) is 1.02. The highest BCUT2D eigenvalue weighted by atomic mass is 16.1. The maximum atomic E-state index is 10.7. The third-order valence-electron chi connectivity index (χ3n) is 2.34. The molecule has 0 aliphatic carbocycles. The number of aromatic nitrogens is 1. The van der Waals surface area contributed by atoms with E-state index < -0.39 is 0 Å². The highest BCUT2D eigenvalue weighted by molar-refractivity contribution is 5.88. The maximum Gasteiger partial charge on any atom is 0.150 e. The molecular formula is C12H11NO. The first kappa shape index (κ1) is 8.88. The fourth-order valence-corrected chi connectivity index (χ4v) is 1.52. The van der Waals surface area contributed by atoms with Gasteiger partial charge in [0.05, 0.1) is 5.52 Å². The van der Waals surface area contributed by atoms with Crippen molar-refractivity contribution in [2.45, 2.75) is 13.8 Å². The van der Waals surface area contributed by atoms with E-state index in [-0.39, 0.29) is 0 Å². The van der Waals surface area contributed by atoms with E-state index in [4.69, 9.17) is 0 Å². The van der Waals surface area contributed by atoms with Gasteiger partial charge in [-0.25, -0.2) is 0 Å². The van der Waals surface area contributed by atoms with Gasteiger partial charge in [-0.05, 0) is 37.6 Å². The molecule has 70 valence electrons. The van der Waals surface area contributed by atoms with Crippen LogP contribution in [0.5, 0.6) is 0 Å². The molecule has 2 aromatic rings. The summed E-state index contributed by atoms with van der Waals surface area (Å²) in [6.45, 7) is 3.88. The first-order valence-corrected chi connectivity index (χ1v) is 4.54. The second-order valence-electron chi connectivity index (χ2n) is 3.47. The first-order chi connectivity index (χ1) is 6.70. The molecule has 0 spiro atoms. The number of aldehydes is 1. The lowest BCUT2D eigenvalue weighted by Crippen LogP contribution is -1.89. The minimum absolute atomic E-state index is 0.739. The SMILES string of the molecule is Cc1ccc2cc(C=O)c(C)cc2n1. The van der Waals surface area contributed by atoms with Crippen molar-refractivity contribution in [1.82, 2.24) is 4.98 Å². The van der Waals surface area contributed by atoms with Crippen LogP contribution in [0, 0.1) is 13.8 Å². The van der Waals surface area contributed by atoms with E-state index in [1.165, 1.54) is 0 Å². The van der Waals surface area contributed by atoms with E-state index in [2.05, 4.69) is 4.98 Å². The smallest absolute Gasteiger partial charge is 0.150 e. The van der Waals surface area contributed by atoms with Crippen LogP contribution >= 0.6 is 0 Å². The van der Waals surface area contributed by atoms with Crippen molar-refractivity contribution in [3.05, 3.63) is 41.1 Å². The molecule has 0 radical (unpaired) electrons. The fourth-order valence-electron chi connectivity index (χ4n) is 1.52. The highest BCUT2D eigenvalue weighted by Gasteiger charge is 2.01. The van der Waals surface area contributed by atoms with Crippen LogP contribution < -0.4 is 0 Å². The van der Waals surface area contributed by atoms with E-state index >= 15 is 0 Å². The fraction of sp³-hybridized carbons (Fsp3) is 0.167. The Morgan fingerprint density at radius 3 is 2.71 bits per heavy atom. The Morgan fingerprint density at radius 2 is 2.00 bits per heavy atom. The van der Waals surface area contributed by atoms with Gasteiger partial charge in [0.25, 0.3) is 0 Å². The van der Waals surface area contributed by atoms with Crippen molar-refractivity contribution in [1.29, 1.82) is 0 Å². The van der Waals surface area contributed by atoms with Gasteiger partial charge >= 0.3 is 0 Å². The zero-order valence-electron chi connectivity index (χ0n) is 8.24. The number of carbonyl (C=O) groups excluding carboxylic acids is 1. The predicted molar refractivity (Wildman–Crippen MR) is 56.6 cm³/mol. The Morgan fingerprint density at radius 1 is 1.21 bits per heavy atom. The number of benzene rings is 1. The quantitative estimate of drug-likeness (QED) is 0.639. The summed E-state index contributed by atoms with van der Waals surface area (Å²) in [4.78, 5) is 15.1. The van der Waals surface area contributed by atoms with Crippen molar-refractivity contribution >= 4 is 17.2 Å². The molecule has 0 N–H and O–H groups in total. The van der Waals surface area contributed by atoms with E-state index in [0.29, 0.717) is 0 Å². The molecular weight excluding hydrogens is 174 g/mol. The molecule has 14 heavy (non-hydrogen) atoms. The number of pyridine rings is 1. The van der Waals surface area contributed by atoms with Gasteiger partial charge in [0, 0.05) is 16.6 Å². The van der Waals surface area contributed by atoms with Crippen molar-refractivity contribution < 1.29 is 4.79 Å². The normalized spacial score (nSPS) is 10.4. The van der Waals surface area contributed by atoms with Gasteiger partial charge in [0.15, 0.2) is 0 Å². The molecule has 0 aliphatic rings. The molecule has 1 aromatic carbocycles. The van der Waals surface area contributed by atoms with Gasteiger partial charge in [0.2, 0.25) is 0 Å². The minimum atomic E-state index is 0.739. The van der Waals surface area contributed by atoms with Gasteiger partial charge in [0.1, 0.15) is 6.29 Å². The van der Waals surface area contributed by atoms with Crippen molar-refractivity contribution in [2.75, 3.05) is 0 Å². The van der Waals surface area contributed by atoms with Gasteiger partial charge in [-0.1, -0.05) is 6.07 Å². The average molecular weight is 185 g/mol. The molecule has 0 unspecified atom stereocenters. The molecule has 0 saturated heterocycles. The largest absolute Gasteiger partial charge is 0.298 e. The molecule has 1 aromatic heterocycles. The molecule has 0 atom stereocenters. The van der Waals surface area contributed by atoms with E-state index in [9.17, 15) is 4.79 Å². The van der Waals surface area contributed by atoms with E-state index in [1.807, 2.05) is 38.1 Å². The van der Waals surface area contributed by atoms with Crippen molar-refractivity contribution in [3.63, 3.8) is 0 Å². The molecule has 0 amide bonds. The highest BCUT2D eigenvalue weighted by Crippen LogP contribution is 2.17. The molecule has 2 rings (SSSR count). The molecule has 1 heterocycles. The Balaban J connectivity index is 2.79. The van der Waals surface area contributed by atoms with Crippen LogP contribution in [0.15, 0.2) is 24.3 Å². The maximum absolute atomic E-state index is 10.7.